The largest absolute Gasteiger partial charge is 0.386 e. The van der Waals surface area contributed by atoms with Gasteiger partial charge in [0.1, 0.15) is 17.1 Å². The number of nitrogens with one attached hydrogen (secondary N) is 1. The van der Waals surface area contributed by atoms with E-state index in [1.807, 2.05) is 0 Å². The van der Waals surface area contributed by atoms with Crippen LogP contribution >= 0.6 is 0 Å². The van der Waals surface area contributed by atoms with Crippen molar-refractivity contribution in [3.63, 3.8) is 0 Å². The smallest absolute Gasteiger partial charge is 0.247 e. The average Bonchev–Trinajstić information content (AvgIpc) is 3.46. The molecule has 0 unspecified atom stereocenters. The Labute approximate surface area is 164 Å². The molecule has 1 saturated heterocycles. The summed E-state index contributed by atoms with van der Waals surface area (Å²) in [4.78, 5) is 23.3. The Hall–Kier alpha value is -2.98. The predicted molar refractivity (Wildman–Crippen MR) is 105 cm³/mol. The number of aliphatic hydroxyl groups is 1. The number of nitrogens with zero attached hydrogens (tertiary/aromatic N) is 4. The molecule has 2 aromatic rings. The van der Waals surface area contributed by atoms with E-state index in [0.717, 1.165) is 24.1 Å². The van der Waals surface area contributed by atoms with Crippen molar-refractivity contribution in [3.05, 3.63) is 42.2 Å². The van der Waals surface area contributed by atoms with Crippen LogP contribution in [0.1, 0.15) is 38.7 Å². The van der Waals surface area contributed by atoms with Crippen molar-refractivity contribution >= 4 is 23.2 Å². The van der Waals surface area contributed by atoms with Gasteiger partial charge in [-0.15, -0.1) is 0 Å². The predicted octanol–water partition coefficient (Wildman–Crippen LogP) is 3.10. The number of rotatable bonds is 5. The summed E-state index contributed by atoms with van der Waals surface area (Å²) in [6.45, 7) is 3.97. The van der Waals surface area contributed by atoms with Crippen LogP contribution in [0.25, 0.3) is 0 Å². The highest BCUT2D eigenvalue weighted by Crippen LogP contribution is 2.51. The number of hydrogen-bond acceptors (Lipinski definition) is 6. The van der Waals surface area contributed by atoms with E-state index in [-0.39, 0.29) is 11.8 Å². The summed E-state index contributed by atoms with van der Waals surface area (Å²) in [5.41, 5.74) is -0.377. The number of anilines is 3. The molecule has 0 spiro atoms. The zero-order valence-electron chi connectivity index (χ0n) is 16.0. The molecular weight excluding hydrogens is 354 g/mol. The van der Waals surface area contributed by atoms with Crippen molar-refractivity contribution in [2.24, 2.45) is 11.3 Å². The van der Waals surface area contributed by atoms with Gasteiger partial charge in [-0.05, 0) is 62.8 Å². The third-order valence-corrected chi connectivity index (χ3v) is 5.61. The lowest BCUT2D eigenvalue weighted by atomic mass is 9.83. The molecule has 7 heteroatoms. The van der Waals surface area contributed by atoms with Gasteiger partial charge in [0.05, 0.1) is 11.7 Å². The Kier molecular flexibility index (Phi) is 4.31. The SMILES string of the molecule is CC(C)(O)c1ccnc(Nc2cc(N3CC[C@@](C#N)(C4CC4)C3=O)ccn2)c1. The van der Waals surface area contributed by atoms with E-state index >= 15 is 0 Å². The molecule has 1 aliphatic carbocycles. The quantitative estimate of drug-likeness (QED) is 0.830. The van der Waals surface area contributed by atoms with Crippen LogP contribution in [0, 0.1) is 22.7 Å². The summed E-state index contributed by atoms with van der Waals surface area (Å²) in [6, 6.07) is 9.41. The van der Waals surface area contributed by atoms with Crippen LogP contribution in [0.3, 0.4) is 0 Å². The molecule has 0 aromatic carbocycles. The molecule has 1 atom stereocenters. The number of hydrogen-bond donors (Lipinski definition) is 2. The summed E-state index contributed by atoms with van der Waals surface area (Å²) in [5, 5.41) is 23.0. The minimum atomic E-state index is -0.972. The topological polar surface area (TPSA) is 102 Å². The third kappa shape index (κ3) is 3.20. The molecule has 7 nitrogen and oxygen atoms in total. The molecule has 2 N–H and O–H groups in total. The van der Waals surface area contributed by atoms with E-state index in [9.17, 15) is 15.2 Å². The third-order valence-electron chi connectivity index (χ3n) is 5.61. The van der Waals surface area contributed by atoms with E-state index in [1.54, 1.807) is 55.4 Å². The van der Waals surface area contributed by atoms with Crippen molar-refractivity contribution in [2.45, 2.75) is 38.7 Å². The van der Waals surface area contributed by atoms with Crippen molar-refractivity contribution in [2.75, 3.05) is 16.8 Å². The fourth-order valence-corrected chi connectivity index (χ4v) is 3.80. The first-order valence-corrected chi connectivity index (χ1v) is 9.49. The first kappa shape index (κ1) is 18.4. The number of carbonyl (C=O) groups is 1. The van der Waals surface area contributed by atoms with Gasteiger partial charge in [0.25, 0.3) is 0 Å². The maximum atomic E-state index is 13.0. The molecule has 2 aromatic heterocycles. The second-order valence-corrected chi connectivity index (χ2v) is 8.08. The van der Waals surface area contributed by atoms with Crippen LogP contribution in [-0.2, 0) is 10.4 Å². The van der Waals surface area contributed by atoms with Gasteiger partial charge in [0, 0.05) is 30.7 Å². The zero-order chi connectivity index (χ0) is 19.9. The molecule has 4 rings (SSSR count). The van der Waals surface area contributed by atoms with Crippen LogP contribution in [0.15, 0.2) is 36.7 Å². The van der Waals surface area contributed by atoms with E-state index in [1.165, 1.54) is 0 Å². The molecule has 3 heterocycles. The Balaban J connectivity index is 1.56. The zero-order valence-corrected chi connectivity index (χ0v) is 16.0. The summed E-state index contributed by atoms with van der Waals surface area (Å²) in [7, 11) is 0. The van der Waals surface area contributed by atoms with Crippen molar-refractivity contribution in [1.82, 2.24) is 9.97 Å². The van der Waals surface area contributed by atoms with Crippen LogP contribution in [0.5, 0.6) is 0 Å². The Morgan fingerprint density at radius 3 is 2.57 bits per heavy atom. The fourth-order valence-electron chi connectivity index (χ4n) is 3.80. The lowest BCUT2D eigenvalue weighted by Gasteiger charge is -2.21. The van der Waals surface area contributed by atoms with Crippen molar-refractivity contribution < 1.29 is 9.90 Å². The van der Waals surface area contributed by atoms with Crippen LogP contribution in [-0.4, -0.2) is 27.5 Å². The number of pyridine rings is 2. The summed E-state index contributed by atoms with van der Waals surface area (Å²) in [6.07, 6.45) is 5.75. The van der Waals surface area contributed by atoms with E-state index in [4.69, 9.17) is 0 Å². The van der Waals surface area contributed by atoms with Gasteiger partial charge in [0.2, 0.25) is 5.91 Å². The standard InChI is InChI=1S/C21H23N5O2/c1-20(2,28)15-5-8-23-17(11-15)25-18-12-16(6-9-24-18)26-10-7-21(13-22,19(26)27)14-3-4-14/h5-6,8-9,11-12,14,28H,3-4,7,10H2,1-2H3,(H,23,24,25)/t21-/m1/s1. The van der Waals surface area contributed by atoms with Gasteiger partial charge >= 0.3 is 0 Å². The highest BCUT2D eigenvalue weighted by atomic mass is 16.3. The van der Waals surface area contributed by atoms with Crippen molar-refractivity contribution in [1.29, 1.82) is 5.26 Å². The molecular formula is C21H23N5O2. The molecule has 0 radical (unpaired) electrons. The second-order valence-electron chi connectivity index (χ2n) is 8.08. The maximum absolute atomic E-state index is 13.0. The first-order chi connectivity index (χ1) is 13.3. The maximum Gasteiger partial charge on any atom is 0.247 e. The number of nitriles is 1. The van der Waals surface area contributed by atoms with Crippen LogP contribution in [0.4, 0.5) is 17.3 Å². The van der Waals surface area contributed by atoms with Crippen LogP contribution < -0.4 is 10.2 Å². The highest BCUT2D eigenvalue weighted by molar-refractivity contribution is 6.02. The molecule has 1 amide bonds. The van der Waals surface area contributed by atoms with Gasteiger partial charge in [-0.3, -0.25) is 4.79 Å². The monoisotopic (exact) mass is 377 g/mol. The number of amides is 1. The van der Waals surface area contributed by atoms with E-state index in [2.05, 4.69) is 21.4 Å². The van der Waals surface area contributed by atoms with Gasteiger partial charge in [-0.25, -0.2) is 9.97 Å². The average molecular weight is 377 g/mol. The minimum Gasteiger partial charge on any atom is -0.386 e. The summed E-state index contributed by atoms with van der Waals surface area (Å²) < 4.78 is 0. The normalized spacial score (nSPS) is 22.2. The number of carbonyl (C=O) groups excluding carboxylic acids is 1. The highest BCUT2D eigenvalue weighted by Gasteiger charge is 2.56. The van der Waals surface area contributed by atoms with Gasteiger partial charge in [-0.1, -0.05) is 0 Å². The molecule has 28 heavy (non-hydrogen) atoms. The van der Waals surface area contributed by atoms with Gasteiger partial charge in [-0.2, -0.15) is 5.26 Å². The molecule has 144 valence electrons. The minimum absolute atomic E-state index is 0.100. The summed E-state index contributed by atoms with van der Waals surface area (Å²) >= 11 is 0. The Morgan fingerprint density at radius 2 is 1.93 bits per heavy atom. The van der Waals surface area contributed by atoms with E-state index in [0.29, 0.717) is 24.6 Å². The molecule has 2 aliphatic rings. The van der Waals surface area contributed by atoms with Gasteiger partial charge in [0.15, 0.2) is 0 Å². The molecule has 1 saturated carbocycles. The first-order valence-electron chi connectivity index (χ1n) is 9.49. The van der Waals surface area contributed by atoms with Crippen LogP contribution in [0.2, 0.25) is 0 Å². The molecule has 1 aliphatic heterocycles. The molecule has 0 bridgehead atoms. The van der Waals surface area contributed by atoms with E-state index < -0.39 is 11.0 Å². The summed E-state index contributed by atoms with van der Waals surface area (Å²) in [5.74, 6) is 1.20. The lowest BCUT2D eigenvalue weighted by Crippen LogP contribution is -2.35. The fraction of sp³-hybridized carbons (Fsp3) is 0.429. The Bertz CT molecular complexity index is 958. The van der Waals surface area contributed by atoms with Crippen molar-refractivity contribution in [3.8, 4) is 6.07 Å². The Morgan fingerprint density at radius 1 is 1.25 bits per heavy atom. The van der Waals surface area contributed by atoms with Gasteiger partial charge < -0.3 is 15.3 Å². The number of aromatic nitrogens is 2. The second kappa shape index (κ2) is 6.57. The lowest BCUT2D eigenvalue weighted by molar-refractivity contribution is -0.123. The molecule has 2 fully saturated rings.